The number of carbonyl (C=O) groups is 1. The summed E-state index contributed by atoms with van der Waals surface area (Å²) in [5.74, 6) is 0.900. The van der Waals surface area contributed by atoms with Crippen molar-refractivity contribution in [1.82, 2.24) is 14.8 Å². The highest BCUT2D eigenvalue weighted by molar-refractivity contribution is 8.00. The number of thioether (sulfide) groups is 2. The summed E-state index contributed by atoms with van der Waals surface area (Å²) in [7, 11) is 1.82. The molecule has 0 aliphatic carbocycles. The Morgan fingerprint density at radius 1 is 1.18 bits per heavy atom. The number of aromatic nitrogens is 3. The van der Waals surface area contributed by atoms with E-state index in [1.807, 2.05) is 49.7 Å². The van der Waals surface area contributed by atoms with Crippen molar-refractivity contribution in [3.8, 4) is 0 Å². The SMILES string of the molecule is CCC(Sc1nnc(CSc2ccc(C)cc2)n1C)C(=O)Nc1cc(C(F)(F)F)ccc1Cl. The Kier molecular flexibility index (Phi) is 8.36. The fourth-order valence-electron chi connectivity index (χ4n) is 2.82. The summed E-state index contributed by atoms with van der Waals surface area (Å²) in [6, 6.07) is 11.0. The highest BCUT2D eigenvalue weighted by Crippen LogP contribution is 2.34. The van der Waals surface area contributed by atoms with Gasteiger partial charge in [-0.2, -0.15) is 13.2 Å². The van der Waals surface area contributed by atoms with Crippen molar-refractivity contribution in [3.63, 3.8) is 0 Å². The molecule has 11 heteroatoms. The van der Waals surface area contributed by atoms with Crippen LogP contribution in [-0.4, -0.2) is 25.9 Å². The number of amides is 1. The molecule has 0 aliphatic heterocycles. The Hall–Kier alpha value is -2.17. The molecule has 33 heavy (non-hydrogen) atoms. The number of alkyl halides is 3. The molecule has 1 atom stereocenters. The number of carbonyl (C=O) groups excluding carboxylic acids is 1. The molecule has 3 aromatic rings. The quantitative estimate of drug-likeness (QED) is 0.343. The predicted octanol–water partition coefficient (Wildman–Crippen LogP) is 6.60. The average Bonchev–Trinajstić information content (AvgIpc) is 3.11. The molecule has 0 saturated carbocycles. The van der Waals surface area contributed by atoms with Crippen LogP contribution in [0.4, 0.5) is 18.9 Å². The first kappa shape index (κ1) is 25.5. The van der Waals surface area contributed by atoms with Crippen molar-refractivity contribution in [2.24, 2.45) is 7.05 Å². The first-order valence-electron chi connectivity index (χ1n) is 10.0. The van der Waals surface area contributed by atoms with Gasteiger partial charge in [-0.05, 0) is 43.7 Å². The largest absolute Gasteiger partial charge is 0.416 e. The van der Waals surface area contributed by atoms with E-state index in [1.165, 1.54) is 17.3 Å². The van der Waals surface area contributed by atoms with Crippen LogP contribution in [0.2, 0.25) is 5.02 Å². The molecule has 1 aromatic heterocycles. The van der Waals surface area contributed by atoms with Crippen LogP contribution in [0.25, 0.3) is 0 Å². The summed E-state index contributed by atoms with van der Waals surface area (Å²) >= 11 is 8.84. The zero-order chi connectivity index (χ0) is 24.2. The van der Waals surface area contributed by atoms with E-state index in [2.05, 4.69) is 15.5 Å². The number of nitrogens with zero attached hydrogens (tertiary/aromatic N) is 3. The molecule has 5 nitrogen and oxygen atoms in total. The number of anilines is 1. The Labute approximate surface area is 203 Å². The van der Waals surface area contributed by atoms with Crippen LogP contribution in [0.3, 0.4) is 0 Å². The van der Waals surface area contributed by atoms with Gasteiger partial charge in [-0.3, -0.25) is 4.79 Å². The van der Waals surface area contributed by atoms with E-state index in [9.17, 15) is 18.0 Å². The smallest absolute Gasteiger partial charge is 0.324 e. The number of aryl methyl sites for hydroxylation is 1. The van der Waals surface area contributed by atoms with Crippen LogP contribution >= 0.6 is 35.1 Å². The van der Waals surface area contributed by atoms with Gasteiger partial charge in [0.1, 0.15) is 5.82 Å². The summed E-state index contributed by atoms with van der Waals surface area (Å²) in [5, 5.41) is 10.9. The molecular formula is C22H22ClF3N4OS2. The standard InChI is InChI=1S/C22H22ClF3N4OS2/c1-4-18(20(31)27-17-11-14(22(24,25)26)7-10-16(17)23)33-21-29-28-19(30(21)3)12-32-15-8-5-13(2)6-9-15/h5-11,18H,4,12H2,1-3H3,(H,27,31). The average molecular weight is 515 g/mol. The third kappa shape index (κ3) is 6.68. The third-order valence-corrected chi connectivity index (χ3v) is 7.51. The minimum absolute atomic E-state index is 0.0327. The van der Waals surface area contributed by atoms with Gasteiger partial charge in [-0.1, -0.05) is 48.0 Å². The summed E-state index contributed by atoms with van der Waals surface area (Å²) < 4.78 is 40.8. The number of halogens is 4. The fraction of sp³-hybridized carbons (Fsp3) is 0.318. The summed E-state index contributed by atoms with van der Waals surface area (Å²) in [6.07, 6.45) is -4.10. The second-order valence-corrected chi connectivity index (χ2v) is 9.88. The molecule has 0 fully saturated rings. The van der Waals surface area contributed by atoms with Crippen LogP contribution in [0.15, 0.2) is 52.5 Å². The van der Waals surface area contributed by atoms with Crippen molar-refractivity contribution in [2.75, 3.05) is 5.32 Å². The van der Waals surface area contributed by atoms with Gasteiger partial charge in [-0.15, -0.1) is 22.0 Å². The lowest BCUT2D eigenvalue weighted by Gasteiger charge is -2.16. The first-order valence-corrected chi connectivity index (χ1v) is 12.2. The third-order valence-electron chi connectivity index (χ3n) is 4.78. The molecular weight excluding hydrogens is 493 g/mol. The lowest BCUT2D eigenvalue weighted by molar-refractivity contribution is -0.137. The Balaban J connectivity index is 1.67. The second-order valence-electron chi connectivity index (χ2n) is 7.26. The van der Waals surface area contributed by atoms with E-state index >= 15 is 0 Å². The fourth-order valence-corrected chi connectivity index (χ4v) is 4.79. The number of nitrogens with one attached hydrogen (secondary N) is 1. The molecule has 0 aliphatic rings. The zero-order valence-corrected chi connectivity index (χ0v) is 20.5. The monoisotopic (exact) mass is 514 g/mol. The van der Waals surface area contributed by atoms with Gasteiger partial charge in [0, 0.05) is 11.9 Å². The van der Waals surface area contributed by atoms with Crippen LogP contribution < -0.4 is 5.32 Å². The van der Waals surface area contributed by atoms with E-state index in [4.69, 9.17) is 11.6 Å². The maximum atomic E-state index is 13.0. The van der Waals surface area contributed by atoms with E-state index < -0.39 is 22.9 Å². The summed E-state index contributed by atoms with van der Waals surface area (Å²) in [6.45, 7) is 3.84. The van der Waals surface area contributed by atoms with Crippen molar-refractivity contribution in [3.05, 3.63) is 64.4 Å². The topological polar surface area (TPSA) is 59.8 Å². The van der Waals surface area contributed by atoms with Crippen molar-refractivity contribution < 1.29 is 18.0 Å². The maximum Gasteiger partial charge on any atom is 0.416 e. The molecule has 0 spiro atoms. The maximum absolute atomic E-state index is 13.0. The lowest BCUT2D eigenvalue weighted by atomic mass is 10.2. The lowest BCUT2D eigenvalue weighted by Crippen LogP contribution is -2.25. The van der Waals surface area contributed by atoms with Crippen LogP contribution in [0.1, 0.15) is 30.3 Å². The normalized spacial score (nSPS) is 12.6. The van der Waals surface area contributed by atoms with Gasteiger partial charge >= 0.3 is 6.18 Å². The molecule has 3 rings (SSSR count). The van der Waals surface area contributed by atoms with Crippen molar-refractivity contribution in [1.29, 1.82) is 0 Å². The van der Waals surface area contributed by atoms with Gasteiger partial charge in [0.15, 0.2) is 5.16 Å². The molecule has 176 valence electrons. The number of hydrogen-bond acceptors (Lipinski definition) is 5. The second kappa shape index (κ2) is 10.8. The molecule has 1 unspecified atom stereocenters. The number of rotatable bonds is 8. The van der Waals surface area contributed by atoms with Gasteiger partial charge in [0.25, 0.3) is 0 Å². The summed E-state index contributed by atoms with van der Waals surface area (Å²) in [4.78, 5) is 13.9. The van der Waals surface area contributed by atoms with Crippen LogP contribution in [-0.2, 0) is 23.8 Å². The number of hydrogen-bond donors (Lipinski definition) is 1. The van der Waals surface area contributed by atoms with Gasteiger partial charge in [0.05, 0.1) is 27.3 Å². The molecule has 1 amide bonds. The molecule has 0 saturated heterocycles. The Morgan fingerprint density at radius 3 is 2.52 bits per heavy atom. The van der Waals surface area contributed by atoms with Gasteiger partial charge < -0.3 is 9.88 Å². The van der Waals surface area contributed by atoms with Crippen LogP contribution in [0, 0.1) is 6.92 Å². The van der Waals surface area contributed by atoms with Crippen LogP contribution in [0.5, 0.6) is 0 Å². The van der Waals surface area contributed by atoms with E-state index in [1.54, 1.807) is 11.8 Å². The molecule has 1 heterocycles. The van der Waals surface area contributed by atoms with E-state index in [0.717, 1.165) is 28.9 Å². The molecule has 1 N–H and O–H groups in total. The Morgan fingerprint density at radius 2 is 1.88 bits per heavy atom. The first-order chi connectivity index (χ1) is 15.6. The predicted molar refractivity (Wildman–Crippen MR) is 127 cm³/mol. The zero-order valence-electron chi connectivity index (χ0n) is 18.1. The summed E-state index contributed by atoms with van der Waals surface area (Å²) in [5.41, 5.74) is 0.225. The van der Waals surface area contributed by atoms with Crippen molar-refractivity contribution >= 4 is 46.7 Å². The van der Waals surface area contributed by atoms with Gasteiger partial charge in [-0.25, -0.2) is 0 Å². The highest BCUT2D eigenvalue weighted by Gasteiger charge is 2.31. The number of benzene rings is 2. The van der Waals surface area contributed by atoms with E-state index in [-0.39, 0.29) is 10.7 Å². The highest BCUT2D eigenvalue weighted by atomic mass is 35.5. The van der Waals surface area contributed by atoms with Gasteiger partial charge in [0.2, 0.25) is 5.91 Å². The molecule has 2 aromatic carbocycles. The Bertz CT molecular complexity index is 1120. The van der Waals surface area contributed by atoms with E-state index in [0.29, 0.717) is 17.3 Å². The molecule has 0 bridgehead atoms. The van der Waals surface area contributed by atoms with Crippen molar-refractivity contribution in [2.45, 2.75) is 47.5 Å². The minimum Gasteiger partial charge on any atom is -0.324 e. The minimum atomic E-state index is -4.53. The molecule has 0 radical (unpaired) electrons.